The fourth-order valence-electron chi connectivity index (χ4n) is 4.80. The highest BCUT2D eigenvalue weighted by Gasteiger charge is 2.34. The zero-order valence-electron chi connectivity index (χ0n) is 21.7. The highest BCUT2D eigenvalue weighted by molar-refractivity contribution is 7.91. The van der Waals surface area contributed by atoms with Crippen LogP contribution in [0.4, 0.5) is 4.39 Å². The Hall–Kier alpha value is -4.04. The van der Waals surface area contributed by atoms with Gasteiger partial charge in [0.1, 0.15) is 5.82 Å². The first-order valence-electron chi connectivity index (χ1n) is 13.0. The van der Waals surface area contributed by atoms with Crippen LogP contribution in [0.15, 0.2) is 91.1 Å². The van der Waals surface area contributed by atoms with Crippen LogP contribution in [0.5, 0.6) is 0 Å². The van der Waals surface area contributed by atoms with Crippen LogP contribution >= 0.6 is 0 Å². The van der Waals surface area contributed by atoms with Crippen molar-refractivity contribution in [1.82, 2.24) is 14.7 Å². The third-order valence-corrected chi connectivity index (χ3v) is 8.75. The quantitative estimate of drug-likeness (QED) is 0.276. The van der Waals surface area contributed by atoms with Gasteiger partial charge in [0.05, 0.1) is 22.9 Å². The lowest BCUT2D eigenvalue weighted by atomic mass is 10.1. The number of aryl methyl sites for hydroxylation is 1. The summed E-state index contributed by atoms with van der Waals surface area (Å²) in [7, 11) is -3.18. The van der Waals surface area contributed by atoms with Gasteiger partial charge in [-0.1, -0.05) is 49.4 Å². The molecule has 1 fully saturated rings. The Bertz CT molecular complexity index is 1580. The first-order valence-corrected chi connectivity index (χ1v) is 14.8. The Balaban J connectivity index is 1.47. The van der Waals surface area contributed by atoms with Crippen molar-refractivity contribution in [2.75, 3.05) is 11.5 Å². The maximum absolute atomic E-state index is 13.6. The number of halogens is 1. The van der Waals surface area contributed by atoms with Crippen molar-refractivity contribution < 1.29 is 17.6 Å². The number of carbonyl (C=O) groups is 1. The lowest BCUT2D eigenvalue weighted by molar-refractivity contribution is -0.128. The molecule has 1 unspecified atom stereocenters. The predicted octanol–water partition coefficient (Wildman–Crippen LogP) is 5.47. The molecule has 0 saturated carbocycles. The first-order chi connectivity index (χ1) is 18.8. The van der Waals surface area contributed by atoms with Gasteiger partial charge in [-0.2, -0.15) is 5.10 Å². The van der Waals surface area contributed by atoms with Crippen LogP contribution in [0.2, 0.25) is 0 Å². The van der Waals surface area contributed by atoms with Crippen molar-refractivity contribution in [1.29, 1.82) is 0 Å². The molecule has 1 atom stereocenters. The van der Waals surface area contributed by atoms with E-state index in [-0.39, 0.29) is 29.3 Å². The van der Waals surface area contributed by atoms with Crippen molar-refractivity contribution in [3.63, 3.8) is 0 Å². The largest absolute Gasteiger partial charge is 0.331 e. The van der Waals surface area contributed by atoms with E-state index in [1.54, 1.807) is 27.8 Å². The minimum Gasteiger partial charge on any atom is -0.331 e. The van der Waals surface area contributed by atoms with Gasteiger partial charge in [0, 0.05) is 36.0 Å². The Kier molecular flexibility index (Phi) is 7.74. The van der Waals surface area contributed by atoms with Gasteiger partial charge in [-0.15, -0.1) is 0 Å². The van der Waals surface area contributed by atoms with E-state index in [1.165, 1.54) is 23.8 Å². The van der Waals surface area contributed by atoms with E-state index in [0.717, 1.165) is 17.7 Å². The van der Waals surface area contributed by atoms with Crippen LogP contribution in [-0.2, 0) is 27.6 Å². The van der Waals surface area contributed by atoms with Crippen LogP contribution in [0.25, 0.3) is 23.0 Å². The van der Waals surface area contributed by atoms with E-state index in [9.17, 15) is 17.6 Å². The normalized spacial score (nSPS) is 16.5. The van der Waals surface area contributed by atoms with E-state index >= 15 is 0 Å². The molecule has 0 aliphatic carbocycles. The van der Waals surface area contributed by atoms with Gasteiger partial charge in [0.2, 0.25) is 5.91 Å². The Morgan fingerprint density at radius 3 is 2.36 bits per heavy atom. The molecule has 0 bridgehead atoms. The average Bonchev–Trinajstić information content (AvgIpc) is 3.54. The number of hydrogen-bond acceptors (Lipinski definition) is 4. The highest BCUT2D eigenvalue weighted by Crippen LogP contribution is 2.26. The van der Waals surface area contributed by atoms with Crippen LogP contribution in [0, 0.1) is 5.82 Å². The molecule has 8 heteroatoms. The van der Waals surface area contributed by atoms with Gasteiger partial charge in [-0.05, 0) is 66.4 Å². The Morgan fingerprint density at radius 1 is 1.03 bits per heavy atom. The second kappa shape index (κ2) is 11.4. The van der Waals surface area contributed by atoms with Gasteiger partial charge >= 0.3 is 0 Å². The van der Waals surface area contributed by atoms with Crippen LogP contribution in [0.1, 0.15) is 30.0 Å². The number of nitrogens with zero attached hydrogens (tertiary/aromatic N) is 3. The standard InChI is InChI=1S/C31H30FN3O3S/c1-2-23-8-10-24(11-9-23)20-34(29-18-19-39(37,38)22-29)30(36)17-14-26-21-35(28-6-4-3-5-7-28)33-31(26)25-12-15-27(32)16-13-25/h3-17,21,29H,2,18-20,22H2,1H3/b17-14+. The number of aromatic nitrogens is 2. The average molecular weight is 544 g/mol. The molecule has 0 N–H and O–H groups in total. The molecule has 6 nitrogen and oxygen atoms in total. The highest BCUT2D eigenvalue weighted by atomic mass is 32.2. The molecule has 0 radical (unpaired) electrons. The van der Waals surface area contributed by atoms with Gasteiger partial charge in [0.25, 0.3) is 0 Å². The molecule has 1 saturated heterocycles. The minimum absolute atomic E-state index is 0.0353. The number of amides is 1. The smallest absolute Gasteiger partial charge is 0.247 e. The van der Waals surface area contributed by atoms with Crippen molar-refractivity contribution in [3.05, 3.63) is 114 Å². The summed E-state index contributed by atoms with van der Waals surface area (Å²) in [6.07, 6.45) is 6.34. The maximum atomic E-state index is 13.6. The third-order valence-electron chi connectivity index (χ3n) is 7.00. The fourth-order valence-corrected chi connectivity index (χ4v) is 6.53. The molecule has 4 aromatic rings. The molecular weight excluding hydrogens is 513 g/mol. The fraction of sp³-hybridized carbons (Fsp3) is 0.226. The first kappa shape index (κ1) is 26.6. The zero-order valence-corrected chi connectivity index (χ0v) is 22.5. The van der Waals surface area contributed by atoms with E-state index in [1.807, 2.05) is 60.8 Å². The summed E-state index contributed by atoms with van der Waals surface area (Å²) in [5, 5.41) is 4.72. The van der Waals surface area contributed by atoms with Crippen LogP contribution in [-0.4, -0.2) is 46.6 Å². The van der Waals surface area contributed by atoms with E-state index in [0.29, 0.717) is 29.8 Å². The van der Waals surface area contributed by atoms with E-state index in [4.69, 9.17) is 5.10 Å². The SMILES string of the molecule is CCc1ccc(CN(C(=O)/C=C/c2cn(-c3ccccc3)nc2-c2ccc(F)cc2)C2CCS(=O)(=O)C2)cc1. The van der Waals surface area contributed by atoms with Crippen LogP contribution in [0.3, 0.4) is 0 Å². The van der Waals surface area contributed by atoms with Crippen molar-refractivity contribution >= 4 is 21.8 Å². The van der Waals surface area contributed by atoms with Crippen molar-refractivity contribution in [3.8, 4) is 16.9 Å². The number of benzene rings is 3. The number of sulfone groups is 1. The Labute approximate surface area is 228 Å². The number of para-hydroxylation sites is 1. The molecule has 2 heterocycles. The molecule has 1 amide bonds. The minimum atomic E-state index is -3.18. The van der Waals surface area contributed by atoms with Gasteiger partial charge < -0.3 is 4.90 Å². The molecule has 39 heavy (non-hydrogen) atoms. The van der Waals surface area contributed by atoms with E-state index < -0.39 is 9.84 Å². The summed E-state index contributed by atoms with van der Waals surface area (Å²) in [4.78, 5) is 15.2. The lowest BCUT2D eigenvalue weighted by Crippen LogP contribution is -2.39. The summed E-state index contributed by atoms with van der Waals surface area (Å²) in [6.45, 7) is 2.40. The molecule has 0 spiro atoms. The Morgan fingerprint density at radius 2 is 1.72 bits per heavy atom. The third kappa shape index (κ3) is 6.34. The molecule has 200 valence electrons. The topological polar surface area (TPSA) is 72.3 Å². The summed E-state index contributed by atoms with van der Waals surface area (Å²) in [5.74, 6) is -0.568. The lowest BCUT2D eigenvalue weighted by Gasteiger charge is -2.27. The number of rotatable bonds is 8. The molecule has 1 aliphatic heterocycles. The summed E-state index contributed by atoms with van der Waals surface area (Å²) in [6, 6.07) is 23.3. The summed E-state index contributed by atoms with van der Waals surface area (Å²) >= 11 is 0. The second-order valence-corrected chi connectivity index (χ2v) is 12.0. The van der Waals surface area contributed by atoms with Crippen molar-refractivity contribution in [2.45, 2.75) is 32.4 Å². The zero-order chi connectivity index (χ0) is 27.4. The maximum Gasteiger partial charge on any atom is 0.247 e. The molecule has 5 rings (SSSR count). The molecular formula is C31H30FN3O3S. The number of carbonyl (C=O) groups excluding carboxylic acids is 1. The predicted molar refractivity (Wildman–Crippen MR) is 151 cm³/mol. The molecule has 1 aromatic heterocycles. The molecule has 1 aliphatic rings. The monoisotopic (exact) mass is 543 g/mol. The second-order valence-electron chi connectivity index (χ2n) is 9.75. The van der Waals surface area contributed by atoms with Crippen LogP contribution < -0.4 is 0 Å². The van der Waals surface area contributed by atoms with Gasteiger partial charge in [-0.25, -0.2) is 17.5 Å². The van der Waals surface area contributed by atoms with E-state index in [2.05, 4.69) is 6.92 Å². The van der Waals surface area contributed by atoms with Gasteiger partial charge in [0.15, 0.2) is 9.84 Å². The summed E-state index contributed by atoms with van der Waals surface area (Å²) in [5.41, 5.74) is 5.00. The number of hydrogen-bond donors (Lipinski definition) is 0. The molecule has 3 aromatic carbocycles. The van der Waals surface area contributed by atoms with Gasteiger partial charge in [-0.3, -0.25) is 4.79 Å². The summed E-state index contributed by atoms with van der Waals surface area (Å²) < 4.78 is 39.8. The van der Waals surface area contributed by atoms with Crippen molar-refractivity contribution in [2.24, 2.45) is 0 Å².